The molecule has 0 radical (unpaired) electrons. The van der Waals surface area contributed by atoms with Crippen molar-refractivity contribution in [3.8, 4) is 0 Å². The average Bonchev–Trinajstić information content (AvgIpc) is 3.20. The maximum atomic E-state index is 13.1. The number of fused-ring (bicyclic) bond motifs is 3. The van der Waals surface area contributed by atoms with Crippen molar-refractivity contribution in [2.24, 2.45) is 28.6 Å². The van der Waals surface area contributed by atoms with Gasteiger partial charge in [0.1, 0.15) is 17.0 Å². The zero-order valence-corrected chi connectivity index (χ0v) is 19.9. The van der Waals surface area contributed by atoms with Crippen LogP contribution in [0.15, 0.2) is 24.4 Å². The standard InChI is InChI=1S/C26H36N4O2/c1-25(2)11-6-12-29(16-25)24(32)20-15-30-21(7-5-8-22(30)28-20)23(31)27-14-17-9-10-18-13-19(17)26(18,3)4/h5,7-8,15,17-19H,6,9-14,16H2,1-4H3,(H,27,31)/t17-,18-,19-/m0/s1. The molecule has 3 aliphatic carbocycles. The fourth-order valence-electron chi connectivity index (χ4n) is 6.58. The molecule has 2 aromatic heterocycles. The Kier molecular flexibility index (Phi) is 5.10. The SMILES string of the molecule is CC1(C)CCCN(C(=O)c2cn3c(C(=O)NC[C@@H]4CC[C@H]5C[C@@H]4C5(C)C)cccc3n2)C1. The van der Waals surface area contributed by atoms with Crippen LogP contribution in [0.2, 0.25) is 0 Å². The van der Waals surface area contributed by atoms with Crippen LogP contribution in [0.25, 0.3) is 5.65 Å². The molecule has 6 rings (SSSR count). The summed E-state index contributed by atoms with van der Waals surface area (Å²) >= 11 is 0. The highest BCUT2D eigenvalue weighted by atomic mass is 16.2. The zero-order valence-electron chi connectivity index (χ0n) is 19.9. The van der Waals surface area contributed by atoms with E-state index in [4.69, 9.17) is 0 Å². The molecule has 4 aliphatic rings. The highest BCUT2D eigenvalue weighted by molar-refractivity contribution is 5.95. The van der Waals surface area contributed by atoms with Gasteiger partial charge < -0.3 is 10.2 Å². The summed E-state index contributed by atoms with van der Waals surface area (Å²) in [5.74, 6) is 1.99. The summed E-state index contributed by atoms with van der Waals surface area (Å²) in [6.45, 7) is 11.4. The first kappa shape index (κ1) is 21.5. The van der Waals surface area contributed by atoms with E-state index in [1.807, 2.05) is 23.1 Å². The Balaban J connectivity index is 1.31. The van der Waals surface area contributed by atoms with Gasteiger partial charge in [-0.05, 0) is 72.8 Å². The molecule has 3 atom stereocenters. The van der Waals surface area contributed by atoms with E-state index in [1.54, 1.807) is 10.6 Å². The number of likely N-dealkylation sites (tertiary alicyclic amines) is 1. The van der Waals surface area contributed by atoms with Crippen LogP contribution in [0.5, 0.6) is 0 Å². The molecule has 2 bridgehead atoms. The van der Waals surface area contributed by atoms with Crippen molar-refractivity contribution in [3.63, 3.8) is 0 Å². The fraction of sp³-hybridized carbons (Fsp3) is 0.654. The predicted octanol–water partition coefficient (Wildman–Crippen LogP) is 4.40. The molecule has 4 fully saturated rings. The molecule has 172 valence electrons. The molecule has 2 amide bonds. The Bertz CT molecular complexity index is 1050. The third kappa shape index (κ3) is 3.61. The number of aromatic nitrogens is 2. The van der Waals surface area contributed by atoms with Gasteiger partial charge in [0, 0.05) is 25.8 Å². The number of rotatable bonds is 4. The maximum Gasteiger partial charge on any atom is 0.274 e. The first-order chi connectivity index (χ1) is 15.2. The number of nitrogens with zero attached hydrogens (tertiary/aromatic N) is 3. The minimum Gasteiger partial charge on any atom is -0.350 e. The summed E-state index contributed by atoms with van der Waals surface area (Å²) in [7, 11) is 0. The van der Waals surface area contributed by atoms with Gasteiger partial charge in [-0.1, -0.05) is 33.8 Å². The van der Waals surface area contributed by atoms with Crippen LogP contribution in [0, 0.1) is 28.6 Å². The van der Waals surface area contributed by atoms with E-state index in [2.05, 4.69) is 38.0 Å². The molecular weight excluding hydrogens is 400 g/mol. The number of amides is 2. The molecule has 2 aromatic rings. The van der Waals surface area contributed by atoms with Crippen LogP contribution < -0.4 is 5.32 Å². The quantitative estimate of drug-likeness (QED) is 0.773. The van der Waals surface area contributed by atoms with Gasteiger partial charge in [-0.3, -0.25) is 14.0 Å². The van der Waals surface area contributed by atoms with Crippen molar-refractivity contribution in [1.29, 1.82) is 0 Å². The van der Waals surface area contributed by atoms with Gasteiger partial charge in [0.25, 0.3) is 11.8 Å². The van der Waals surface area contributed by atoms with E-state index < -0.39 is 0 Å². The molecule has 32 heavy (non-hydrogen) atoms. The number of carbonyl (C=O) groups is 2. The lowest BCUT2D eigenvalue weighted by atomic mass is 9.45. The Hall–Kier alpha value is -2.37. The molecule has 0 unspecified atom stereocenters. The van der Waals surface area contributed by atoms with Crippen molar-refractivity contribution < 1.29 is 9.59 Å². The topological polar surface area (TPSA) is 66.7 Å². The fourth-order valence-corrected chi connectivity index (χ4v) is 6.58. The maximum absolute atomic E-state index is 13.1. The van der Waals surface area contributed by atoms with E-state index in [0.717, 1.165) is 38.4 Å². The number of nitrogens with one attached hydrogen (secondary N) is 1. The van der Waals surface area contributed by atoms with Gasteiger partial charge in [-0.15, -0.1) is 0 Å². The van der Waals surface area contributed by atoms with Crippen LogP contribution in [-0.2, 0) is 0 Å². The first-order valence-electron chi connectivity index (χ1n) is 12.2. The molecule has 0 spiro atoms. The molecule has 6 heteroatoms. The van der Waals surface area contributed by atoms with Gasteiger partial charge in [-0.2, -0.15) is 0 Å². The normalized spacial score (nSPS) is 28.2. The van der Waals surface area contributed by atoms with Crippen molar-refractivity contribution in [1.82, 2.24) is 19.6 Å². The summed E-state index contributed by atoms with van der Waals surface area (Å²) < 4.78 is 1.77. The monoisotopic (exact) mass is 436 g/mol. The number of hydrogen-bond donors (Lipinski definition) is 1. The minimum atomic E-state index is -0.0923. The van der Waals surface area contributed by atoms with Crippen LogP contribution >= 0.6 is 0 Å². The molecular formula is C26H36N4O2. The molecule has 1 aliphatic heterocycles. The highest BCUT2D eigenvalue weighted by Gasteiger charge is 2.53. The number of imidazole rings is 1. The van der Waals surface area contributed by atoms with Crippen molar-refractivity contribution in [2.75, 3.05) is 19.6 Å². The minimum absolute atomic E-state index is 0.0446. The lowest BCUT2D eigenvalue weighted by molar-refractivity contribution is -0.103. The predicted molar refractivity (Wildman–Crippen MR) is 125 cm³/mol. The van der Waals surface area contributed by atoms with Gasteiger partial charge in [0.05, 0.1) is 0 Å². The number of hydrogen-bond acceptors (Lipinski definition) is 3. The van der Waals surface area contributed by atoms with Gasteiger partial charge in [0.2, 0.25) is 0 Å². The highest BCUT2D eigenvalue weighted by Crippen LogP contribution is 2.61. The summed E-state index contributed by atoms with van der Waals surface area (Å²) in [5.41, 5.74) is 2.13. The number of pyridine rings is 1. The summed E-state index contributed by atoms with van der Waals surface area (Å²) in [6, 6.07) is 5.51. The lowest BCUT2D eigenvalue weighted by Gasteiger charge is -2.60. The van der Waals surface area contributed by atoms with Crippen molar-refractivity contribution in [3.05, 3.63) is 35.8 Å². The van der Waals surface area contributed by atoms with E-state index in [0.29, 0.717) is 34.3 Å². The summed E-state index contributed by atoms with van der Waals surface area (Å²) in [5, 5.41) is 3.18. The van der Waals surface area contributed by atoms with Crippen LogP contribution in [0.1, 0.15) is 80.8 Å². The smallest absolute Gasteiger partial charge is 0.274 e. The van der Waals surface area contributed by atoms with Crippen molar-refractivity contribution >= 4 is 17.5 Å². The molecule has 6 nitrogen and oxygen atoms in total. The second-order valence-corrected chi connectivity index (χ2v) is 11.7. The van der Waals surface area contributed by atoms with Crippen LogP contribution in [0.4, 0.5) is 0 Å². The Morgan fingerprint density at radius 3 is 2.72 bits per heavy atom. The Labute approximate surface area is 190 Å². The van der Waals surface area contributed by atoms with E-state index in [-0.39, 0.29) is 17.2 Å². The van der Waals surface area contributed by atoms with Gasteiger partial charge >= 0.3 is 0 Å². The number of piperidine rings is 1. The number of carbonyl (C=O) groups excluding carboxylic acids is 2. The third-order valence-corrected chi connectivity index (χ3v) is 8.66. The summed E-state index contributed by atoms with van der Waals surface area (Å²) in [6.07, 6.45) is 7.67. The van der Waals surface area contributed by atoms with Gasteiger partial charge in [-0.25, -0.2) is 4.98 Å². The average molecular weight is 437 g/mol. The van der Waals surface area contributed by atoms with E-state index >= 15 is 0 Å². The van der Waals surface area contributed by atoms with Crippen molar-refractivity contribution in [2.45, 2.75) is 59.8 Å². The van der Waals surface area contributed by atoms with E-state index in [9.17, 15) is 9.59 Å². The van der Waals surface area contributed by atoms with E-state index in [1.165, 1.54) is 19.3 Å². The second-order valence-electron chi connectivity index (χ2n) is 11.7. The Morgan fingerprint density at radius 2 is 2.00 bits per heavy atom. The second kappa shape index (κ2) is 7.60. The third-order valence-electron chi connectivity index (χ3n) is 8.66. The molecule has 1 saturated heterocycles. The first-order valence-corrected chi connectivity index (χ1v) is 12.2. The molecule has 1 N–H and O–H groups in total. The molecule has 0 aromatic carbocycles. The molecule has 3 heterocycles. The van der Waals surface area contributed by atoms with Gasteiger partial charge in [0.15, 0.2) is 0 Å². The molecule has 3 saturated carbocycles. The largest absolute Gasteiger partial charge is 0.350 e. The van der Waals surface area contributed by atoms with Crippen LogP contribution in [0.3, 0.4) is 0 Å². The zero-order chi connectivity index (χ0) is 22.7. The summed E-state index contributed by atoms with van der Waals surface area (Å²) in [4.78, 5) is 32.7. The Morgan fingerprint density at radius 1 is 1.19 bits per heavy atom. The lowest BCUT2D eigenvalue weighted by Crippen LogP contribution is -2.54. The van der Waals surface area contributed by atoms with Crippen LogP contribution in [-0.4, -0.2) is 45.7 Å².